The Morgan fingerprint density at radius 3 is 2.85 bits per heavy atom. The number of halogens is 1. The van der Waals surface area contributed by atoms with Crippen molar-refractivity contribution < 1.29 is 9.53 Å². The summed E-state index contributed by atoms with van der Waals surface area (Å²) in [6.45, 7) is 4.60. The molecule has 1 fully saturated rings. The van der Waals surface area contributed by atoms with Crippen LogP contribution < -0.4 is 10.1 Å². The van der Waals surface area contributed by atoms with Gasteiger partial charge in [0.15, 0.2) is 5.17 Å². The van der Waals surface area contributed by atoms with Crippen LogP contribution >= 0.6 is 23.4 Å². The largest absolute Gasteiger partial charge is 0.493 e. The third-order valence-corrected chi connectivity index (χ3v) is 5.10. The van der Waals surface area contributed by atoms with E-state index in [1.165, 1.54) is 11.8 Å². The summed E-state index contributed by atoms with van der Waals surface area (Å²) in [7, 11) is 0. The molecule has 134 valence electrons. The first-order valence-corrected chi connectivity index (χ1v) is 9.54. The lowest BCUT2D eigenvalue weighted by atomic mass is 10.2. The van der Waals surface area contributed by atoms with Crippen LogP contribution in [0.25, 0.3) is 6.08 Å². The standard InChI is InChI=1S/C20H19ClN2O2S/c1-3-11-25-17-10-5-4-7-14(17)12-18-19(24)23-20(26-18)22-16-9-6-8-15(21)13(16)2/h4-10,12H,3,11H2,1-2H3,(H,22,23,24)/b18-12+. The van der Waals surface area contributed by atoms with Crippen LogP contribution in [0.5, 0.6) is 5.75 Å². The van der Waals surface area contributed by atoms with Gasteiger partial charge in [0.05, 0.1) is 17.2 Å². The first kappa shape index (κ1) is 18.5. The molecule has 0 atom stereocenters. The number of nitrogens with zero attached hydrogens (tertiary/aromatic N) is 1. The van der Waals surface area contributed by atoms with Gasteiger partial charge in [-0.1, -0.05) is 42.8 Å². The van der Waals surface area contributed by atoms with Gasteiger partial charge in [0.1, 0.15) is 5.75 Å². The molecule has 1 heterocycles. The number of hydrogen-bond acceptors (Lipinski definition) is 4. The molecule has 1 amide bonds. The molecule has 0 aromatic heterocycles. The van der Waals surface area contributed by atoms with Gasteiger partial charge in [-0.25, -0.2) is 4.99 Å². The summed E-state index contributed by atoms with van der Waals surface area (Å²) in [5, 5.41) is 4.00. The molecule has 1 N–H and O–H groups in total. The molecule has 1 aliphatic heterocycles. The molecular formula is C20H19ClN2O2S. The smallest absolute Gasteiger partial charge is 0.264 e. The van der Waals surface area contributed by atoms with E-state index in [0.29, 0.717) is 21.7 Å². The van der Waals surface area contributed by atoms with E-state index < -0.39 is 0 Å². The predicted octanol–water partition coefficient (Wildman–Crippen LogP) is 5.33. The summed E-state index contributed by atoms with van der Waals surface area (Å²) in [5.74, 6) is 0.602. The second-order valence-electron chi connectivity index (χ2n) is 5.75. The fourth-order valence-electron chi connectivity index (χ4n) is 2.39. The van der Waals surface area contributed by atoms with Gasteiger partial charge in [-0.15, -0.1) is 0 Å². The van der Waals surface area contributed by atoms with E-state index in [1.807, 2.05) is 55.5 Å². The molecular weight excluding hydrogens is 368 g/mol. The van der Waals surface area contributed by atoms with Crippen LogP contribution in [0.4, 0.5) is 5.69 Å². The van der Waals surface area contributed by atoms with Crippen molar-refractivity contribution in [3.05, 3.63) is 63.5 Å². The van der Waals surface area contributed by atoms with Gasteiger partial charge in [0.2, 0.25) is 0 Å². The number of aliphatic imine (C=N–C) groups is 1. The summed E-state index contributed by atoms with van der Waals surface area (Å²) in [4.78, 5) is 17.4. The number of benzene rings is 2. The summed E-state index contributed by atoms with van der Waals surface area (Å²) < 4.78 is 5.75. The van der Waals surface area contributed by atoms with Gasteiger partial charge in [-0.3, -0.25) is 4.79 Å². The minimum Gasteiger partial charge on any atom is -0.493 e. The minimum absolute atomic E-state index is 0.168. The third-order valence-electron chi connectivity index (χ3n) is 3.78. The Morgan fingerprint density at radius 1 is 1.23 bits per heavy atom. The molecule has 26 heavy (non-hydrogen) atoms. The lowest BCUT2D eigenvalue weighted by Gasteiger charge is -2.07. The SMILES string of the molecule is CCCOc1ccccc1/C=C1/SC(=Nc2cccc(Cl)c2C)NC1=O. The average molecular weight is 387 g/mol. The van der Waals surface area contributed by atoms with Crippen LogP contribution in [-0.2, 0) is 4.79 Å². The van der Waals surface area contributed by atoms with E-state index in [1.54, 1.807) is 0 Å². The normalized spacial score (nSPS) is 17.0. The summed E-state index contributed by atoms with van der Waals surface area (Å²) in [6.07, 6.45) is 2.76. The number of para-hydroxylation sites is 1. The first-order valence-electron chi connectivity index (χ1n) is 8.35. The van der Waals surface area contributed by atoms with Gasteiger partial charge in [0.25, 0.3) is 5.91 Å². The molecule has 0 unspecified atom stereocenters. The highest BCUT2D eigenvalue weighted by atomic mass is 35.5. The van der Waals surface area contributed by atoms with Gasteiger partial charge in [-0.2, -0.15) is 0 Å². The maximum Gasteiger partial charge on any atom is 0.264 e. The number of amides is 1. The number of rotatable bonds is 5. The van der Waals surface area contributed by atoms with Crippen molar-refractivity contribution in [1.29, 1.82) is 0 Å². The van der Waals surface area contributed by atoms with Crippen LogP contribution in [0.15, 0.2) is 52.4 Å². The molecule has 4 nitrogen and oxygen atoms in total. The van der Waals surface area contributed by atoms with Crippen LogP contribution in [0.1, 0.15) is 24.5 Å². The number of ether oxygens (including phenoxy) is 1. The number of hydrogen-bond donors (Lipinski definition) is 1. The Labute approximate surface area is 162 Å². The Balaban J connectivity index is 1.85. The quantitative estimate of drug-likeness (QED) is 0.706. The second-order valence-corrected chi connectivity index (χ2v) is 7.19. The highest BCUT2D eigenvalue weighted by Crippen LogP contribution is 2.32. The number of nitrogens with one attached hydrogen (secondary N) is 1. The maximum absolute atomic E-state index is 12.3. The minimum atomic E-state index is -0.168. The first-order chi connectivity index (χ1) is 12.6. The fourth-order valence-corrected chi connectivity index (χ4v) is 3.39. The lowest BCUT2D eigenvalue weighted by Crippen LogP contribution is -2.19. The van der Waals surface area contributed by atoms with Crippen LogP contribution in [0.3, 0.4) is 0 Å². The zero-order valence-electron chi connectivity index (χ0n) is 14.6. The highest BCUT2D eigenvalue weighted by molar-refractivity contribution is 8.18. The molecule has 0 saturated carbocycles. The van der Waals surface area contributed by atoms with E-state index >= 15 is 0 Å². The Hall–Kier alpha value is -2.24. The summed E-state index contributed by atoms with van der Waals surface area (Å²) >= 11 is 7.44. The van der Waals surface area contributed by atoms with Crippen molar-refractivity contribution in [3.63, 3.8) is 0 Å². The van der Waals surface area contributed by atoms with Crippen molar-refractivity contribution in [2.75, 3.05) is 6.61 Å². The van der Waals surface area contributed by atoms with E-state index in [9.17, 15) is 4.79 Å². The number of carbonyl (C=O) groups excluding carboxylic acids is 1. The van der Waals surface area contributed by atoms with E-state index in [-0.39, 0.29) is 5.91 Å². The maximum atomic E-state index is 12.3. The number of amidine groups is 1. The van der Waals surface area contributed by atoms with E-state index in [0.717, 1.165) is 29.0 Å². The predicted molar refractivity (Wildman–Crippen MR) is 109 cm³/mol. The molecule has 0 bridgehead atoms. The molecule has 3 rings (SSSR count). The molecule has 1 aliphatic rings. The molecule has 0 radical (unpaired) electrons. The van der Waals surface area contributed by atoms with Crippen molar-refractivity contribution >= 4 is 46.2 Å². The molecule has 1 saturated heterocycles. The Morgan fingerprint density at radius 2 is 2.04 bits per heavy atom. The topological polar surface area (TPSA) is 50.7 Å². The van der Waals surface area contributed by atoms with E-state index in [4.69, 9.17) is 16.3 Å². The van der Waals surface area contributed by atoms with Gasteiger partial charge >= 0.3 is 0 Å². The molecule has 0 spiro atoms. The third kappa shape index (κ3) is 4.29. The Kier molecular flexibility index (Phi) is 6.01. The van der Waals surface area contributed by atoms with Crippen LogP contribution in [0, 0.1) is 6.92 Å². The molecule has 2 aromatic rings. The monoisotopic (exact) mass is 386 g/mol. The zero-order valence-corrected chi connectivity index (χ0v) is 16.2. The Bertz CT molecular complexity index is 893. The summed E-state index contributed by atoms with van der Waals surface area (Å²) in [5.41, 5.74) is 2.50. The molecule has 0 aliphatic carbocycles. The van der Waals surface area contributed by atoms with Crippen LogP contribution in [-0.4, -0.2) is 17.7 Å². The number of carbonyl (C=O) groups is 1. The second kappa shape index (κ2) is 8.43. The molecule has 2 aromatic carbocycles. The van der Waals surface area contributed by atoms with Crippen molar-refractivity contribution in [1.82, 2.24) is 5.32 Å². The van der Waals surface area contributed by atoms with E-state index in [2.05, 4.69) is 17.2 Å². The van der Waals surface area contributed by atoms with Gasteiger partial charge < -0.3 is 10.1 Å². The van der Waals surface area contributed by atoms with Gasteiger partial charge in [0, 0.05) is 10.6 Å². The fraction of sp³-hybridized carbons (Fsp3) is 0.200. The lowest BCUT2D eigenvalue weighted by molar-refractivity contribution is -0.115. The highest BCUT2D eigenvalue weighted by Gasteiger charge is 2.24. The van der Waals surface area contributed by atoms with Crippen LogP contribution in [0.2, 0.25) is 5.02 Å². The van der Waals surface area contributed by atoms with Gasteiger partial charge in [-0.05, 0) is 54.9 Å². The average Bonchev–Trinajstić information content (AvgIpc) is 2.97. The van der Waals surface area contributed by atoms with Crippen molar-refractivity contribution in [3.8, 4) is 5.75 Å². The number of thioether (sulfide) groups is 1. The van der Waals surface area contributed by atoms with Crippen molar-refractivity contribution in [2.45, 2.75) is 20.3 Å². The summed E-state index contributed by atoms with van der Waals surface area (Å²) in [6, 6.07) is 13.2. The van der Waals surface area contributed by atoms with Crippen molar-refractivity contribution in [2.24, 2.45) is 4.99 Å². The zero-order chi connectivity index (χ0) is 18.5. The molecule has 6 heteroatoms.